The van der Waals surface area contributed by atoms with Crippen LogP contribution in [0.1, 0.15) is 17.3 Å². The molecule has 0 aliphatic carbocycles. The minimum Gasteiger partial charge on any atom is -0.358 e. The summed E-state index contributed by atoms with van der Waals surface area (Å²) in [4.78, 5) is 12.1. The summed E-state index contributed by atoms with van der Waals surface area (Å²) in [6, 6.07) is 12.5. The standard InChI is InChI=1S/C16H12BrCl2NO/c1-10(20-14-4-2-3-13(18)16(14)19)9-15(21)11-5-7-12(17)8-6-11/h2-9,20H,1H3/b10-9+. The normalized spacial score (nSPS) is 11.3. The van der Waals surface area contributed by atoms with E-state index in [1.807, 2.05) is 12.1 Å². The van der Waals surface area contributed by atoms with Crippen LogP contribution < -0.4 is 5.32 Å². The van der Waals surface area contributed by atoms with E-state index < -0.39 is 0 Å². The zero-order valence-corrected chi connectivity index (χ0v) is 14.3. The zero-order valence-electron chi connectivity index (χ0n) is 11.2. The van der Waals surface area contributed by atoms with Crippen LogP contribution in [0.25, 0.3) is 0 Å². The van der Waals surface area contributed by atoms with Crippen LogP contribution in [-0.2, 0) is 0 Å². The molecule has 0 atom stereocenters. The van der Waals surface area contributed by atoms with E-state index in [0.717, 1.165) is 4.47 Å². The van der Waals surface area contributed by atoms with Gasteiger partial charge >= 0.3 is 0 Å². The van der Waals surface area contributed by atoms with E-state index in [1.165, 1.54) is 6.08 Å². The third-order valence-corrected chi connectivity index (χ3v) is 4.11. The van der Waals surface area contributed by atoms with Crippen molar-refractivity contribution in [3.8, 4) is 0 Å². The molecule has 108 valence electrons. The van der Waals surface area contributed by atoms with Gasteiger partial charge in [-0.2, -0.15) is 0 Å². The first-order chi connectivity index (χ1) is 9.97. The summed E-state index contributed by atoms with van der Waals surface area (Å²) in [5, 5.41) is 3.98. The Balaban J connectivity index is 2.15. The second kappa shape index (κ2) is 7.12. The Bertz CT molecular complexity index is 696. The van der Waals surface area contributed by atoms with Crippen molar-refractivity contribution < 1.29 is 4.79 Å². The van der Waals surface area contributed by atoms with Gasteiger partial charge in [-0.05, 0) is 43.3 Å². The number of nitrogens with one attached hydrogen (secondary N) is 1. The predicted octanol–water partition coefficient (Wildman–Crippen LogP) is 5.95. The maximum atomic E-state index is 12.1. The smallest absolute Gasteiger partial charge is 0.187 e. The first kappa shape index (κ1) is 16.1. The van der Waals surface area contributed by atoms with Gasteiger partial charge in [-0.15, -0.1) is 0 Å². The summed E-state index contributed by atoms with van der Waals surface area (Å²) in [5.41, 5.74) is 1.98. The number of ketones is 1. The van der Waals surface area contributed by atoms with Crippen molar-refractivity contribution in [3.05, 3.63) is 74.3 Å². The van der Waals surface area contributed by atoms with Gasteiger partial charge in [-0.1, -0.05) is 45.2 Å². The van der Waals surface area contributed by atoms with Crippen molar-refractivity contribution in [1.29, 1.82) is 0 Å². The van der Waals surface area contributed by atoms with Crippen LogP contribution in [-0.4, -0.2) is 5.78 Å². The Labute approximate surface area is 141 Å². The lowest BCUT2D eigenvalue weighted by molar-refractivity contribution is 0.104. The summed E-state index contributed by atoms with van der Waals surface area (Å²) < 4.78 is 0.934. The second-order valence-corrected chi connectivity index (χ2v) is 6.13. The van der Waals surface area contributed by atoms with E-state index in [9.17, 15) is 4.79 Å². The van der Waals surface area contributed by atoms with Crippen molar-refractivity contribution in [2.45, 2.75) is 6.92 Å². The minimum absolute atomic E-state index is 0.0781. The lowest BCUT2D eigenvalue weighted by Gasteiger charge is -2.09. The van der Waals surface area contributed by atoms with Crippen LogP contribution in [0.5, 0.6) is 0 Å². The molecule has 2 aromatic carbocycles. The van der Waals surface area contributed by atoms with E-state index in [0.29, 0.717) is 27.0 Å². The van der Waals surface area contributed by atoms with E-state index in [1.54, 1.807) is 37.3 Å². The highest BCUT2D eigenvalue weighted by molar-refractivity contribution is 9.10. The summed E-state index contributed by atoms with van der Waals surface area (Å²) >= 11 is 15.4. The Morgan fingerprint density at radius 3 is 2.48 bits per heavy atom. The maximum Gasteiger partial charge on any atom is 0.187 e. The summed E-state index contributed by atoms with van der Waals surface area (Å²) in [7, 11) is 0. The molecule has 0 spiro atoms. The van der Waals surface area contributed by atoms with Crippen LogP contribution in [0.4, 0.5) is 5.69 Å². The Morgan fingerprint density at radius 1 is 1.14 bits per heavy atom. The molecule has 2 aromatic rings. The van der Waals surface area contributed by atoms with Crippen LogP contribution in [0.15, 0.2) is 58.7 Å². The fraction of sp³-hybridized carbons (Fsp3) is 0.0625. The molecule has 0 aliphatic rings. The molecule has 0 unspecified atom stereocenters. The van der Waals surface area contributed by atoms with Crippen molar-refractivity contribution >= 4 is 50.6 Å². The van der Waals surface area contributed by atoms with Crippen molar-refractivity contribution in [3.63, 3.8) is 0 Å². The molecule has 0 aromatic heterocycles. The van der Waals surface area contributed by atoms with Gasteiger partial charge in [0.2, 0.25) is 0 Å². The monoisotopic (exact) mass is 383 g/mol. The quantitative estimate of drug-likeness (QED) is 0.520. The summed E-state index contributed by atoms with van der Waals surface area (Å²) in [6.45, 7) is 1.80. The van der Waals surface area contributed by atoms with Gasteiger partial charge in [0.25, 0.3) is 0 Å². The minimum atomic E-state index is -0.0781. The number of anilines is 1. The fourth-order valence-corrected chi connectivity index (χ4v) is 2.36. The molecule has 0 saturated carbocycles. The van der Waals surface area contributed by atoms with Crippen LogP contribution >= 0.6 is 39.1 Å². The predicted molar refractivity (Wildman–Crippen MR) is 92.3 cm³/mol. The van der Waals surface area contributed by atoms with Crippen LogP contribution in [0.3, 0.4) is 0 Å². The lowest BCUT2D eigenvalue weighted by atomic mass is 10.1. The molecule has 2 nitrogen and oxygen atoms in total. The van der Waals surface area contributed by atoms with Crippen LogP contribution in [0, 0.1) is 0 Å². The number of halogens is 3. The van der Waals surface area contributed by atoms with Crippen molar-refractivity contribution in [1.82, 2.24) is 0 Å². The average molecular weight is 385 g/mol. The number of rotatable bonds is 4. The van der Waals surface area contributed by atoms with Crippen molar-refractivity contribution in [2.24, 2.45) is 0 Å². The largest absolute Gasteiger partial charge is 0.358 e. The Morgan fingerprint density at radius 2 is 1.81 bits per heavy atom. The summed E-state index contributed by atoms with van der Waals surface area (Å²) in [5.74, 6) is -0.0781. The Hall–Kier alpha value is -1.29. The average Bonchev–Trinajstić information content (AvgIpc) is 2.44. The molecule has 0 amide bonds. The first-order valence-corrected chi connectivity index (χ1v) is 7.71. The van der Waals surface area contributed by atoms with Gasteiger partial charge in [0.1, 0.15) is 0 Å². The fourth-order valence-electron chi connectivity index (χ4n) is 1.74. The zero-order chi connectivity index (χ0) is 15.4. The van der Waals surface area contributed by atoms with Crippen LogP contribution in [0.2, 0.25) is 10.0 Å². The highest BCUT2D eigenvalue weighted by Gasteiger charge is 2.06. The van der Waals surface area contributed by atoms with Gasteiger partial charge < -0.3 is 5.32 Å². The SMILES string of the molecule is C/C(=C\C(=O)c1ccc(Br)cc1)Nc1cccc(Cl)c1Cl. The number of benzene rings is 2. The molecule has 5 heteroatoms. The van der Waals surface area contributed by atoms with E-state index in [-0.39, 0.29) is 5.78 Å². The molecule has 0 fully saturated rings. The molecule has 0 saturated heterocycles. The Kier molecular flexibility index (Phi) is 5.45. The first-order valence-electron chi connectivity index (χ1n) is 6.16. The molecule has 21 heavy (non-hydrogen) atoms. The van der Waals surface area contributed by atoms with E-state index >= 15 is 0 Å². The molecule has 0 radical (unpaired) electrons. The molecule has 0 aliphatic heterocycles. The number of hydrogen-bond acceptors (Lipinski definition) is 2. The molecule has 0 bridgehead atoms. The number of hydrogen-bond donors (Lipinski definition) is 1. The van der Waals surface area contributed by atoms with Gasteiger partial charge in [-0.25, -0.2) is 0 Å². The molecule has 1 N–H and O–H groups in total. The molecule has 0 heterocycles. The summed E-state index contributed by atoms with van der Waals surface area (Å²) in [6.07, 6.45) is 1.53. The van der Waals surface area contributed by atoms with E-state index in [4.69, 9.17) is 23.2 Å². The highest BCUT2D eigenvalue weighted by atomic mass is 79.9. The third kappa shape index (κ3) is 4.34. The van der Waals surface area contributed by atoms with Crippen molar-refractivity contribution in [2.75, 3.05) is 5.32 Å². The lowest BCUT2D eigenvalue weighted by Crippen LogP contribution is -2.01. The maximum absolute atomic E-state index is 12.1. The number of carbonyl (C=O) groups excluding carboxylic acids is 1. The van der Waals surface area contributed by atoms with E-state index in [2.05, 4.69) is 21.2 Å². The van der Waals surface area contributed by atoms with Gasteiger partial charge in [0.05, 0.1) is 15.7 Å². The topological polar surface area (TPSA) is 29.1 Å². The second-order valence-electron chi connectivity index (χ2n) is 4.42. The highest BCUT2D eigenvalue weighted by Crippen LogP contribution is 2.30. The number of allylic oxidation sites excluding steroid dienone is 2. The molecular formula is C16H12BrCl2NO. The number of carbonyl (C=O) groups is 1. The molecular weight excluding hydrogens is 373 g/mol. The van der Waals surface area contributed by atoms with Gasteiger partial charge in [0, 0.05) is 21.8 Å². The van der Waals surface area contributed by atoms with Gasteiger partial charge in [0.15, 0.2) is 5.78 Å². The third-order valence-electron chi connectivity index (χ3n) is 2.76. The van der Waals surface area contributed by atoms with Gasteiger partial charge in [-0.3, -0.25) is 4.79 Å². The molecule has 2 rings (SSSR count).